The molecule has 4 heterocycles. The Morgan fingerprint density at radius 2 is 2.15 bits per heavy atom. The van der Waals surface area contributed by atoms with Gasteiger partial charge in [-0.25, -0.2) is 9.55 Å². The molecule has 12 nitrogen and oxygen atoms in total. The standard InChI is InChI=1S/C21H22N8O4/c1-11-10-33-21(24-11)28-7-3-4-14(20(28)32)25-16-8-17(22-2)29-18(27-16)12(9-23-29)19(31)26-13-5-6-15(13)30/h3-4,7-10,13,15,22,30H,5-6H2,1-2H3,(H,25,27)(H,26,31)/t13-,15+/m0/s1. The summed E-state index contributed by atoms with van der Waals surface area (Å²) in [5.41, 5.74) is 1.08. The highest BCUT2D eigenvalue weighted by molar-refractivity contribution is 6.00. The van der Waals surface area contributed by atoms with E-state index in [4.69, 9.17) is 4.42 Å². The summed E-state index contributed by atoms with van der Waals surface area (Å²) in [6.07, 6.45) is 5.29. The fraction of sp³-hybridized carbons (Fsp3) is 0.286. The van der Waals surface area contributed by atoms with Crippen molar-refractivity contribution in [3.63, 3.8) is 0 Å². The first-order valence-corrected chi connectivity index (χ1v) is 10.4. The van der Waals surface area contributed by atoms with Crippen LogP contribution in [-0.2, 0) is 0 Å². The lowest BCUT2D eigenvalue weighted by molar-refractivity contribution is 0.0448. The van der Waals surface area contributed by atoms with Crippen LogP contribution in [0.5, 0.6) is 0 Å². The van der Waals surface area contributed by atoms with Gasteiger partial charge < -0.3 is 25.5 Å². The highest BCUT2D eigenvalue weighted by Crippen LogP contribution is 2.23. The minimum atomic E-state index is -0.540. The van der Waals surface area contributed by atoms with Crippen molar-refractivity contribution >= 4 is 28.9 Å². The predicted octanol–water partition coefficient (Wildman–Crippen LogP) is 1.22. The van der Waals surface area contributed by atoms with Crippen LogP contribution in [0.25, 0.3) is 11.7 Å². The molecule has 1 amide bonds. The first-order chi connectivity index (χ1) is 15.9. The van der Waals surface area contributed by atoms with Crippen LogP contribution in [0.4, 0.5) is 17.3 Å². The Kier molecular flexibility index (Phi) is 5.05. The Hall–Kier alpha value is -4.19. The van der Waals surface area contributed by atoms with Crippen LogP contribution in [0, 0.1) is 6.92 Å². The van der Waals surface area contributed by atoms with Crippen molar-refractivity contribution in [1.82, 2.24) is 29.5 Å². The van der Waals surface area contributed by atoms with Gasteiger partial charge in [0.2, 0.25) is 0 Å². The molecular weight excluding hydrogens is 428 g/mol. The van der Waals surface area contributed by atoms with Crippen LogP contribution < -0.4 is 21.5 Å². The van der Waals surface area contributed by atoms with E-state index in [2.05, 4.69) is 31.0 Å². The van der Waals surface area contributed by atoms with Crippen molar-refractivity contribution in [3.8, 4) is 6.01 Å². The maximum atomic E-state index is 13.0. The zero-order chi connectivity index (χ0) is 23.1. The first kappa shape index (κ1) is 20.7. The summed E-state index contributed by atoms with van der Waals surface area (Å²) in [6, 6.07) is 4.85. The van der Waals surface area contributed by atoms with Gasteiger partial charge in [0.1, 0.15) is 29.1 Å². The molecule has 1 aliphatic rings. The number of aryl methyl sites for hydroxylation is 1. The summed E-state index contributed by atoms with van der Waals surface area (Å²) in [6.45, 7) is 1.77. The van der Waals surface area contributed by atoms with Gasteiger partial charge in [0.15, 0.2) is 5.65 Å². The molecule has 0 bridgehead atoms. The molecule has 5 rings (SSSR count). The molecule has 0 radical (unpaired) electrons. The Balaban J connectivity index is 1.50. The van der Waals surface area contributed by atoms with E-state index in [0.717, 1.165) is 6.42 Å². The van der Waals surface area contributed by atoms with E-state index >= 15 is 0 Å². The molecule has 2 atom stereocenters. The zero-order valence-corrected chi connectivity index (χ0v) is 17.9. The molecule has 4 aromatic rings. The van der Waals surface area contributed by atoms with Gasteiger partial charge in [0, 0.05) is 19.3 Å². The Morgan fingerprint density at radius 3 is 2.82 bits per heavy atom. The van der Waals surface area contributed by atoms with Crippen LogP contribution >= 0.6 is 0 Å². The van der Waals surface area contributed by atoms with Gasteiger partial charge in [0.25, 0.3) is 11.5 Å². The molecule has 1 fully saturated rings. The molecule has 33 heavy (non-hydrogen) atoms. The number of nitrogens with one attached hydrogen (secondary N) is 3. The minimum absolute atomic E-state index is 0.161. The molecule has 0 aliphatic heterocycles. The van der Waals surface area contributed by atoms with E-state index in [-0.39, 0.29) is 34.8 Å². The van der Waals surface area contributed by atoms with Crippen molar-refractivity contribution in [3.05, 3.63) is 58.5 Å². The summed E-state index contributed by atoms with van der Waals surface area (Å²) >= 11 is 0. The quantitative estimate of drug-likeness (QED) is 0.340. The maximum Gasteiger partial charge on any atom is 0.308 e. The van der Waals surface area contributed by atoms with Crippen LogP contribution in [0.3, 0.4) is 0 Å². The monoisotopic (exact) mass is 450 g/mol. The lowest BCUT2D eigenvalue weighted by Gasteiger charge is -2.32. The predicted molar refractivity (Wildman–Crippen MR) is 119 cm³/mol. The Labute approximate surface area is 187 Å². The molecular formula is C21H22N8O4. The summed E-state index contributed by atoms with van der Waals surface area (Å²) in [5.74, 6) is 0.523. The largest absolute Gasteiger partial charge is 0.431 e. The minimum Gasteiger partial charge on any atom is -0.431 e. The molecule has 4 N–H and O–H groups in total. The van der Waals surface area contributed by atoms with E-state index in [1.165, 1.54) is 21.5 Å². The van der Waals surface area contributed by atoms with E-state index in [1.54, 1.807) is 38.4 Å². The number of rotatable bonds is 6. The van der Waals surface area contributed by atoms with Crippen LogP contribution in [-0.4, -0.2) is 54.4 Å². The molecule has 0 unspecified atom stereocenters. The third-order valence-electron chi connectivity index (χ3n) is 5.55. The van der Waals surface area contributed by atoms with Gasteiger partial charge in [-0.05, 0) is 31.9 Å². The van der Waals surface area contributed by atoms with Gasteiger partial charge in [-0.3, -0.25) is 9.59 Å². The number of fused-ring (bicyclic) bond motifs is 1. The van der Waals surface area contributed by atoms with Gasteiger partial charge in [-0.1, -0.05) is 0 Å². The average molecular weight is 450 g/mol. The number of pyridine rings is 1. The topological polar surface area (TPSA) is 152 Å². The lowest BCUT2D eigenvalue weighted by atomic mass is 9.89. The van der Waals surface area contributed by atoms with Gasteiger partial charge in [-0.2, -0.15) is 14.6 Å². The molecule has 0 aromatic carbocycles. The van der Waals surface area contributed by atoms with Gasteiger partial charge in [0.05, 0.1) is 24.0 Å². The number of nitrogens with zero attached hydrogens (tertiary/aromatic N) is 5. The number of anilines is 3. The molecule has 170 valence electrons. The second-order valence-corrected chi connectivity index (χ2v) is 7.79. The zero-order valence-electron chi connectivity index (χ0n) is 17.9. The molecule has 12 heteroatoms. The van der Waals surface area contributed by atoms with Crippen molar-refractivity contribution in [1.29, 1.82) is 0 Å². The lowest BCUT2D eigenvalue weighted by Crippen LogP contribution is -2.50. The second-order valence-electron chi connectivity index (χ2n) is 7.79. The van der Waals surface area contributed by atoms with Crippen LogP contribution in [0.15, 0.2) is 46.1 Å². The number of hydrogen-bond acceptors (Lipinski definition) is 9. The van der Waals surface area contributed by atoms with Gasteiger partial charge in [-0.15, -0.1) is 0 Å². The number of amides is 1. The molecule has 0 saturated heterocycles. The molecule has 0 spiro atoms. The van der Waals surface area contributed by atoms with Gasteiger partial charge >= 0.3 is 6.01 Å². The van der Waals surface area contributed by atoms with Crippen molar-refractivity contribution < 1.29 is 14.3 Å². The van der Waals surface area contributed by atoms with Crippen LogP contribution in [0.1, 0.15) is 28.9 Å². The highest BCUT2D eigenvalue weighted by Gasteiger charge is 2.31. The fourth-order valence-electron chi connectivity index (χ4n) is 3.59. The average Bonchev–Trinajstić information content (AvgIpc) is 3.43. The maximum absolute atomic E-state index is 13.0. The normalized spacial score (nSPS) is 17.5. The first-order valence-electron chi connectivity index (χ1n) is 10.4. The summed E-state index contributed by atoms with van der Waals surface area (Å²) in [4.78, 5) is 34.4. The smallest absolute Gasteiger partial charge is 0.308 e. The number of aromatic nitrogens is 5. The number of carbonyl (C=O) groups excluding carboxylic acids is 1. The molecule has 1 saturated carbocycles. The number of aliphatic hydroxyl groups excluding tert-OH is 1. The van der Waals surface area contributed by atoms with E-state index in [1.807, 2.05) is 0 Å². The number of hydrogen-bond donors (Lipinski definition) is 4. The number of oxazole rings is 1. The second kappa shape index (κ2) is 8.06. The third-order valence-corrected chi connectivity index (χ3v) is 5.55. The van der Waals surface area contributed by atoms with E-state index in [0.29, 0.717) is 29.4 Å². The molecule has 4 aromatic heterocycles. The third kappa shape index (κ3) is 3.69. The van der Waals surface area contributed by atoms with E-state index < -0.39 is 6.10 Å². The van der Waals surface area contributed by atoms with Crippen LogP contribution in [0.2, 0.25) is 0 Å². The van der Waals surface area contributed by atoms with Crippen molar-refractivity contribution in [2.45, 2.75) is 31.9 Å². The fourth-order valence-corrected chi connectivity index (χ4v) is 3.59. The summed E-state index contributed by atoms with van der Waals surface area (Å²) in [7, 11) is 1.71. The summed E-state index contributed by atoms with van der Waals surface area (Å²) < 4.78 is 8.12. The highest BCUT2D eigenvalue weighted by atomic mass is 16.4. The van der Waals surface area contributed by atoms with Crippen molar-refractivity contribution in [2.75, 3.05) is 17.7 Å². The summed E-state index contributed by atoms with van der Waals surface area (Å²) in [5, 5.41) is 22.9. The Bertz CT molecular complexity index is 1410. The number of aliphatic hydroxyl groups is 1. The number of carbonyl (C=O) groups is 1. The van der Waals surface area contributed by atoms with Crippen molar-refractivity contribution in [2.24, 2.45) is 0 Å². The molecule has 1 aliphatic carbocycles. The SMILES string of the molecule is CNc1cc(Nc2cccn(-c3nc(C)co3)c2=O)nc2c(C(=O)N[C@H]3CC[C@H]3O)cnn12. The Morgan fingerprint density at radius 1 is 1.30 bits per heavy atom. The van der Waals surface area contributed by atoms with E-state index in [9.17, 15) is 14.7 Å².